The molecule has 1 aromatic heterocycles. The van der Waals surface area contributed by atoms with Crippen molar-refractivity contribution in [2.45, 2.75) is 25.2 Å². The van der Waals surface area contributed by atoms with Gasteiger partial charge in [-0.1, -0.05) is 36.4 Å². The number of likely N-dealkylation sites (tertiary alicyclic amines) is 1. The Morgan fingerprint density at radius 1 is 1.00 bits per heavy atom. The van der Waals surface area contributed by atoms with Crippen LogP contribution in [0.4, 0.5) is 0 Å². The van der Waals surface area contributed by atoms with Crippen LogP contribution >= 0.6 is 11.3 Å². The van der Waals surface area contributed by atoms with Crippen LogP contribution in [0.1, 0.15) is 35.6 Å². The molecule has 0 radical (unpaired) electrons. The van der Waals surface area contributed by atoms with Crippen molar-refractivity contribution in [3.05, 3.63) is 58.3 Å². The number of hydrogen-bond acceptors (Lipinski definition) is 2. The summed E-state index contributed by atoms with van der Waals surface area (Å²) in [6.07, 6.45) is 4.01. The molecule has 0 aliphatic carbocycles. The van der Waals surface area contributed by atoms with E-state index in [0.29, 0.717) is 5.92 Å². The predicted octanol–water partition coefficient (Wildman–Crippen LogP) is 4.37. The lowest BCUT2D eigenvalue weighted by Crippen LogP contribution is -2.22. The maximum atomic E-state index is 2.61. The summed E-state index contributed by atoms with van der Waals surface area (Å²) in [5, 5.41) is 2.20. The third-order valence-electron chi connectivity index (χ3n) is 4.02. The summed E-state index contributed by atoms with van der Waals surface area (Å²) in [7, 11) is 0. The normalized spacial score (nSPS) is 17.7. The van der Waals surface area contributed by atoms with Crippen LogP contribution in [0.5, 0.6) is 0 Å². The summed E-state index contributed by atoms with van der Waals surface area (Å²) < 4.78 is 0. The van der Waals surface area contributed by atoms with E-state index >= 15 is 0 Å². The molecule has 0 spiro atoms. The Labute approximate surface area is 119 Å². The predicted molar refractivity (Wildman–Crippen MR) is 82.9 cm³/mol. The van der Waals surface area contributed by atoms with Crippen LogP contribution in [0.3, 0.4) is 0 Å². The molecule has 1 unspecified atom stereocenters. The summed E-state index contributed by atoms with van der Waals surface area (Å²) in [6.45, 7) is 3.83. The summed E-state index contributed by atoms with van der Waals surface area (Å²) in [5.74, 6) is 0.571. The monoisotopic (exact) mass is 271 g/mol. The average molecular weight is 271 g/mol. The molecule has 1 saturated heterocycles. The van der Waals surface area contributed by atoms with Crippen molar-refractivity contribution in [2.75, 3.05) is 19.6 Å². The molecule has 0 bridgehead atoms. The molecule has 1 aliphatic heterocycles. The van der Waals surface area contributed by atoms with Crippen LogP contribution in [-0.4, -0.2) is 24.5 Å². The number of nitrogens with zero attached hydrogens (tertiary/aromatic N) is 1. The highest BCUT2D eigenvalue weighted by molar-refractivity contribution is 7.10. The van der Waals surface area contributed by atoms with Gasteiger partial charge in [0.2, 0.25) is 0 Å². The zero-order valence-corrected chi connectivity index (χ0v) is 12.1. The molecular formula is C17H21NS. The Morgan fingerprint density at radius 2 is 1.79 bits per heavy atom. The van der Waals surface area contributed by atoms with Gasteiger partial charge in [-0.2, -0.15) is 0 Å². The zero-order chi connectivity index (χ0) is 12.9. The lowest BCUT2D eigenvalue weighted by molar-refractivity contribution is 0.328. The van der Waals surface area contributed by atoms with E-state index in [-0.39, 0.29) is 0 Å². The van der Waals surface area contributed by atoms with E-state index in [1.807, 2.05) is 11.3 Å². The molecule has 100 valence electrons. The highest BCUT2D eigenvalue weighted by atomic mass is 32.1. The highest BCUT2D eigenvalue weighted by Gasteiger charge is 2.18. The largest absolute Gasteiger partial charge is 0.303 e. The van der Waals surface area contributed by atoms with Gasteiger partial charge in [0.25, 0.3) is 0 Å². The molecule has 2 heteroatoms. The van der Waals surface area contributed by atoms with Crippen molar-refractivity contribution in [3.8, 4) is 0 Å². The van der Waals surface area contributed by atoms with Crippen LogP contribution in [0, 0.1) is 0 Å². The Bertz CT molecular complexity index is 471. The number of thiophene rings is 1. The van der Waals surface area contributed by atoms with E-state index in [0.717, 1.165) is 0 Å². The fourth-order valence-electron chi connectivity index (χ4n) is 2.97. The second kappa shape index (κ2) is 6.36. The molecule has 0 amide bonds. The van der Waals surface area contributed by atoms with Gasteiger partial charge in [0.1, 0.15) is 0 Å². The highest BCUT2D eigenvalue weighted by Crippen LogP contribution is 2.31. The molecule has 1 aromatic carbocycles. The van der Waals surface area contributed by atoms with E-state index in [4.69, 9.17) is 0 Å². The average Bonchev–Trinajstić information content (AvgIpc) is 3.13. The van der Waals surface area contributed by atoms with Gasteiger partial charge in [-0.25, -0.2) is 0 Å². The SMILES string of the molecule is c1ccc(C(CCN2CCCC2)c2cccs2)cc1. The van der Waals surface area contributed by atoms with Gasteiger partial charge in [0.15, 0.2) is 0 Å². The van der Waals surface area contributed by atoms with Crippen LogP contribution in [-0.2, 0) is 0 Å². The van der Waals surface area contributed by atoms with Gasteiger partial charge in [0.05, 0.1) is 0 Å². The molecule has 0 N–H and O–H groups in total. The molecule has 1 atom stereocenters. The van der Waals surface area contributed by atoms with Gasteiger partial charge < -0.3 is 4.90 Å². The smallest absolute Gasteiger partial charge is 0.0196 e. The van der Waals surface area contributed by atoms with Gasteiger partial charge in [-0.05, 0) is 55.9 Å². The minimum atomic E-state index is 0.571. The zero-order valence-electron chi connectivity index (χ0n) is 11.3. The summed E-state index contributed by atoms with van der Waals surface area (Å²) in [4.78, 5) is 4.12. The molecule has 1 fully saturated rings. The maximum Gasteiger partial charge on any atom is 0.0196 e. The van der Waals surface area contributed by atoms with E-state index in [2.05, 4.69) is 52.7 Å². The maximum absolute atomic E-state index is 2.61. The van der Waals surface area contributed by atoms with Crippen molar-refractivity contribution in [1.29, 1.82) is 0 Å². The first-order valence-corrected chi connectivity index (χ1v) is 8.12. The van der Waals surface area contributed by atoms with E-state index in [1.165, 1.54) is 49.3 Å². The molecule has 0 saturated carbocycles. The standard InChI is InChI=1S/C17H21NS/c1-2-7-15(8-3-1)16(17-9-6-14-19-17)10-13-18-11-4-5-12-18/h1-3,6-9,14,16H,4-5,10-13H2. The Morgan fingerprint density at radius 3 is 2.47 bits per heavy atom. The third-order valence-corrected chi connectivity index (χ3v) is 5.01. The van der Waals surface area contributed by atoms with Crippen molar-refractivity contribution in [1.82, 2.24) is 4.90 Å². The number of hydrogen-bond donors (Lipinski definition) is 0. The topological polar surface area (TPSA) is 3.24 Å². The fraction of sp³-hybridized carbons (Fsp3) is 0.412. The lowest BCUT2D eigenvalue weighted by atomic mass is 9.94. The van der Waals surface area contributed by atoms with E-state index in [9.17, 15) is 0 Å². The number of rotatable bonds is 5. The lowest BCUT2D eigenvalue weighted by Gasteiger charge is -2.20. The molecule has 1 nitrogen and oxygen atoms in total. The minimum Gasteiger partial charge on any atom is -0.303 e. The Kier molecular flexibility index (Phi) is 4.31. The summed E-state index contributed by atoms with van der Waals surface area (Å²) in [6, 6.07) is 15.4. The fourth-order valence-corrected chi connectivity index (χ4v) is 3.86. The van der Waals surface area contributed by atoms with Gasteiger partial charge >= 0.3 is 0 Å². The molecule has 19 heavy (non-hydrogen) atoms. The Balaban J connectivity index is 1.73. The molecule has 2 aromatic rings. The molecule has 1 aliphatic rings. The second-order valence-corrected chi connectivity index (χ2v) is 6.30. The van der Waals surface area contributed by atoms with Crippen LogP contribution < -0.4 is 0 Å². The first kappa shape index (κ1) is 12.9. The molecule has 3 rings (SSSR count). The third kappa shape index (κ3) is 3.26. The van der Waals surface area contributed by atoms with Crippen LogP contribution in [0.25, 0.3) is 0 Å². The Hall–Kier alpha value is -1.12. The second-order valence-electron chi connectivity index (χ2n) is 5.32. The first-order chi connectivity index (χ1) is 9.43. The number of benzene rings is 1. The van der Waals surface area contributed by atoms with Crippen LogP contribution in [0.2, 0.25) is 0 Å². The van der Waals surface area contributed by atoms with Crippen molar-refractivity contribution in [3.63, 3.8) is 0 Å². The summed E-state index contributed by atoms with van der Waals surface area (Å²) in [5.41, 5.74) is 1.46. The quantitative estimate of drug-likeness (QED) is 0.780. The minimum absolute atomic E-state index is 0.571. The van der Waals surface area contributed by atoms with Crippen molar-refractivity contribution < 1.29 is 0 Å². The molecular weight excluding hydrogens is 250 g/mol. The van der Waals surface area contributed by atoms with Gasteiger partial charge in [-0.15, -0.1) is 11.3 Å². The summed E-state index contributed by atoms with van der Waals surface area (Å²) >= 11 is 1.89. The van der Waals surface area contributed by atoms with E-state index < -0.39 is 0 Å². The van der Waals surface area contributed by atoms with Gasteiger partial charge in [-0.3, -0.25) is 0 Å². The van der Waals surface area contributed by atoms with Crippen LogP contribution in [0.15, 0.2) is 47.8 Å². The first-order valence-electron chi connectivity index (χ1n) is 7.24. The van der Waals surface area contributed by atoms with Crippen molar-refractivity contribution in [2.24, 2.45) is 0 Å². The van der Waals surface area contributed by atoms with Crippen molar-refractivity contribution >= 4 is 11.3 Å². The van der Waals surface area contributed by atoms with Gasteiger partial charge in [0, 0.05) is 10.8 Å². The van der Waals surface area contributed by atoms with E-state index in [1.54, 1.807) is 0 Å². The molecule has 2 heterocycles.